The molecule has 3 rings (SSSR count). The second kappa shape index (κ2) is 3.76. The van der Waals surface area contributed by atoms with Gasteiger partial charge in [0, 0.05) is 5.92 Å². The minimum atomic E-state index is 0.516. The number of anilines is 1. The Labute approximate surface area is 99.2 Å². The molecule has 0 unspecified atom stereocenters. The van der Waals surface area contributed by atoms with E-state index >= 15 is 0 Å². The minimum Gasteiger partial charge on any atom is -0.497 e. The Morgan fingerprint density at radius 2 is 2.00 bits per heavy atom. The average molecular weight is 230 g/mol. The van der Waals surface area contributed by atoms with Gasteiger partial charge in [-0.05, 0) is 37.1 Å². The Bertz CT molecular complexity index is 528. The zero-order chi connectivity index (χ0) is 11.8. The molecule has 0 amide bonds. The Hall–Kier alpha value is -2.04. The number of benzene rings is 1. The molecule has 1 aromatic carbocycles. The number of rotatable bonds is 3. The van der Waals surface area contributed by atoms with Crippen molar-refractivity contribution >= 4 is 5.82 Å². The molecule has 2 aromatic rings. The first-order valence-corrected chi connectivity index (χ1v) is 5.65. The van der Waals surface area contributed by atoms with E-state index in [4.69, 9.17) is 10.5 Å². The number of nitrogens with two attached hydrogens (primary N) is 1. The van der Waals surface area contributed by atoms with Crippen LogP contribution in [0.1, 0.15) is 24.5 Å². The molecule has 0 aliphatic heterocycles. The first kappa shape index (κ1) is 10.1. The van der Waals surface area contributed by atoms with Gasteiger partial charge in [-0.3, -0.25) is 0 Å². The number of aromatic nitrogens is 3. The summed E-state index contributed by atoms with van der Waals surface area (Å²) in [5.74, 6) is 1.98. The maximum Gasteiger partial charge on any atom is 0.151 e. The van der Waals surface area contributed by atoms with Crippen molar-refractivity contribution in [1.29, 1.82) is 0 Å². The van der Waals surface area contributed by atoms with Gasteiger partial charge in [-0.25, -0.2) is 0 Å². The summed E-state index contributed by atoms with van der Waals surface area (Å²) in [6.07, 6.45) is 2.34. The van der Waals surface area contributed by atoms with Gasteiger partial charge in [0.15, 0.2) is 5.82 Å². The van der Waals surface area contributed by atoms with Crippen LogP contribution in [0, 0.1) is 0 Å². The zero-order valence-electron chi connectivity index (χ0n) is 9.63. The highest BCUT2D eigenvalue weighted by molar-refractivity contribution is 5.47. The molecular formula is C12H14N4O. The van der Waals surface area contributed by atoms with Crippen molar-refractivity contribution in [3.63, 3.8) is 0 Å². The highest BCUT2D eigenvalue weighted by Crippen LogP contribution is 2.41. The van der Waals surface area contributed by atoms with Crippen LogP contribution in [0.2, 0.25) is 0 Å². The summed E-state index contributed by atoms with van der Waals surface area (Å²) >= 11 is 0. The molecule has 0 atom stereocenters. The van der Waals surface area contributed by atoms with Crippen LogP contribution in [-0.2, 0) is 0 Å². The molecule has 1 aromatic heterocycles. The monoisotopic (exact) mass is 230 g/mol. The average Bonchev–Trinajstić information content (AvgIpc) is 3.13. The van der Waals surface area contributed by atoms with Gasteiger partial charge in [0.05, 0.1) is 12.8 Å². The lowest BCUT2D eigenvalue weighted by Gasteiger charge is -2.04. The predicted octanol–water partition coefficient (Wildman–Crippen LogP) is 1.74. The maximum absolute atomic E-state index is 6.05. The van der Waals surface area contributed by atoms with E-state index in [2.05, 4.69) is 10.3 Å². The van der Waals surface area contributed by atoms with Crippen LogP contribution < -0.4 is 10.5 Å². The van der Waals surface area contributed by atoms with E-state index in [1.807, 2.05) is 24.3 Å². The third-order valence-corrected chi connectivity index (χ3v) is 3.01. The smallest absolute Gasteiger partial charge is 0.151 e. The Kier molecular flexibility index (Phi) is 2.24. The molecule has 5 nitrogen and oxygen atoms in total. The minimum absolute atomic E-state index is 0.516. The molecule has 5 heteroatoms. The summed E-state index contributed by atoms with van der Waals surface area (Å²) in [7, 11) is 1.64. The van der Waals surface area contributed by atoms with Crippen molar-refractivity contribution in [1.82, 2.24) is 15.0 Å². The maximum atomic E-state index is 6.05. The first-order valence-electron chi connectivity index (χ1n) is 5.65. The molecule has 1 saturated carbocycles. The number of nitrogens with zero attached hydrogens (tertiary/aromatic N) is 3. The van der Waals surface area contributed by atoms with Gasteiger partial charge in [0.25, 0.3) is 0 Å². The molecule has 0 spiro atoms. The van der Waals surface area contributed by atoms with Crippen LogP contribution in [0.3, 0.4) is 0 Å². The van der Waals surface area contributed by atoms with Crippen LogP contribution in [0.25, 0.3) is 5.69 Å². The van der Waals surface area contributed by atoms with Crippen molar-refractivity contribution in [2.75, 3.05) is 12.8 Å². The molecule has 1 aliphatic rings. The van der Waals surface area contributed by atoms with E-state index in [9.17, 15) is 0 Å². The molecule has 1 aliphatic carbocycles. The predicted molar refractivity (Wildman–Crippen MR) is 64.3 cm³/mol. The summed E-state index contributed by atoms with van der Waals surface area (Å²) in [4.78, 5) is 0. The van der Waals surface area contributed by atoms with E-state index < -0.39 is 0 Å². The fourth-order valence-electron chi connectivity index (χ4n) is 1.86. The molecule has 1 fully saturated rings. The van der Waals surface area contributed by atoms with Crippen molar-refractivity contribution in [2.45, 2.75) is 18.8 Å². The number of nitrogen functional groups attached to an aromatic ring is 1. The van der Waals surface area contributed by atoms with E-state index in [0.717, 1.165) is 17.1 Å². The SMILES string of the molecule is COc1ccc(-n2nnc(C3CC3)c2N)cc1. The van der Waals surface area contributed by atoms with Crippen LogP contribution in [0.15, 0.2) is 24.3 Å². The Morgan fingerprint density at radius 1 is 1.29 bits per heavy atom. The van der Waals surface area contributed by atoms with Gasteiger partial charge >= 0.3 is 0 Å². The number of ether oxygens (including phenoxy) is 1. The molecule has 1 heterocycles. The van der Waals surface area contributed by atoms with Gasteiger partial charge in [0.1, 0.15) is 11.4 Å². The van der Waals surface area contributed by atoms with Gasteiger partial charge in [-0.15, -0.1) is 5.10 Å². The Balaban J connectivity index is 1.96. The molecule has 17 heavy (non-hydrogen) atoms. The molecular weight excluding hydrogens is 216 g/mol. The second-order valence-corrected chi connectivity index (χ2v) is 4.24. The van der Waals surface area contributed by atoms with Crippen LogP contribution >= 0.6 is 0 Å². The van der Waals surface area contributed by atoms with Crippen LogP contribution in [0.4, 0.5) is 5.82 Å². The number of hydrogen-bond acceptors (Lipinski definition) is 4. The summed E-state index contributed by atoms with van der Waals surface area (Å²) in [5.41, 5.74) is 7.89. The Morgan fingerprint density at radius 3 is 2.59 bits per heavy atom. The van der Waals surface area contributed by atoms with E-state index in [-0.39, 0.29) is 0 Å². The van der Waals surface area contributed by atoms with E-state index in [1.165, 1.54) is 12.8 Å². The van der Waals surface area contributed by atoms with Crippen molar-refractivity contribution < 1.29 is 4.74 Å². The first-order chi connectivity index (χ1) is 8.29. The topological polar surface area (TPSA) is 66.0 Å². The molecule has 0 bridgehead atoms. The lowest BCUT2D eigenvalue weighted by molar-refractivity contribution is 0.414. The second-order valence-electron chi connectivity index (χ2n) is 4.24. The zero-order valence-corrected chi connectivity index (χ0v) is 9.63. The normalized spacial score (nSPS) is 14.9. The molecule has 0 saturated heterocycles. The standard InChI is InChI=1S/C12H14N4O/c1-17-10-6-4-9(5-7-10)16-12(13)11(14-15-16)8-2-3-8/h4-8H,2-3,13H2,1H3. The summed E-state index contributed by atoms with van der Waals surface area (Å²) in [6.45, 7) is 0. The van der Waals surface area contributed by atoms with Crippen LogP contribution in [-0.4, -0.2) is 22.1 Å². The fourth-order valence-corrected chi connectivity index (χ4v) is 1.86. The van der Waals surface area contributed by atoms with Crippen molar-refractivity contribution in [3.8, 4) is 11.4 Å². The summed E-state index contributed by atoms with van der Waals surface area (Å²) in [5, 5.41) is 8.26. The quantitative estimate of drug-likeness (QED) is 0.872. The number of hydrogen-bond donors (Lipinski definition) is 1. The highest BCUT2D eigenvalue weighted by atomic mass is 16.5. The lowest BCUT2D eigenvalue weighted by Crippen LogP contribution is -2.02. The van der Waals surface area contributed by atoms with Gasteiger partial charge < -0.3 is 10.5 Å². The largest absolute Gasteiger partial charge is 0.497 e. The molecule has 2 N–H and O–H groups in total. The van der Waals surface area contributed by atoms with E-state index in [1.54, 1.807) is 11.8 Å². The van der Waals surface area contributed by atoms with E-state index in [0.29, 0.717) is 11.7 Å². The third kappa shape index (κ3) is 1.73. The molecule has 0 radical (unpaired) electrons. The molecule has 88 valence electrons. The van der Waals surface area contributed by atoms with Gasteiger partial charge in [-0.1, -0.05) is 5.21 Å². The fraction of sp³-hybridized carbons (Fsp3) is 0.333. The summed E-state index contributed by atoms with van der Waals surface area (Å²) in [6, 6.07) is 7.60. The van der Waals surface area contributed by atoms with Gasteiger partial charge in [0.2, 0.25) is 0 Å². The van der Waals surface area contributed by atoms with Crippen LogP contribution in [0.5, 0.6) is 5.75 Å². The summed E-state index contributed by atoms with van der Waals surface area (Å²) < 4.78 is 6.79. The number of methoxy groups -OCH3 is 1. The lowest BCUT2D eigenvalue weighted by atomic mass is 10.3. The van der Waals surface area contributed by atoms with Crippen molar-refractivity contribution in [3.05, 3.63) is 30.0 Å². The van der Waals surface area contributed by atoms with Crippen molar-refractivity contribution in [2.24, 2.45) is 0 Å². The van der Waals surface area contributed by atoms with Gasteiger partial charge in [-0.2, -0.15) is 4.68 Å². The highest BCUT2D eigenvalue weighted by Gasteiger charge is 2.29. The third-order valence-electron chi connectivity index (χ3n) is 3.01.